The standard InChI is InChI=1S/C22H26N2O6S/c1-29-22(28)19(13-25)24-20(26)18(23)14-31-11-10-30-21(27)17-9-5-8-16(12-17)15-6-3-2-4-7-15/h2-9,12,18-19,25H,10-11,13-14,23H2,1H3,(H,24,26)/t18-,19-/m0/s1. The maximum Gasteiger partial charge on any atom is 0.338 e. The highest BCUT2D eigenvalue weighted by atomic mass is 32.2. The second kappa shape index (κ2) is 12.7. The number of hydrogen-bond acceptors (Lipinski definition) is 8. The van der Waals surface area contributed by atoms with Gasteiger partial charge in [-0.05, 0) is 23.3 Å². The third kappa shape index (κ3) is 7.71. The van der Waals surface area contributed by atoms with Gasteiger partial charge >= 0.3 is 11.9 Å². The van der Waals surface area contributed by atoms with Gasteiger partial charge in [-0.1, -0.05) is 42.5 Å². The Labute approximate surface area is 185 Å². The summed E-state index contributed by atoms with van der Waals surface area (Å²) in [6, 6.07) is 14.9. The molecular formula is C22H26N2O6S. The molecule has 8 nitrogen and oxygen atoms in total. The molecule has 166 valence electrons. The lowest BCUT2D eigenvalue weighted by Gasteiger charge is -2.17. The predicted octanol–water partition coefficient (Wildman–Crippen LogP) is 1.22. The van der Waals surface area contributed by atoms with Gasteiger partial charge in [0.1, 0.15) is 6.61 Å². The van der Waals surface area contributed by atoms with Crippen LogP contribution in [0.4, 0.5) is 0 Å². The number of nitrogens with one attached hydrogen (secondary N) is 1. The van der Waals surface area contributed by atoms with Crippen molar-refractivity contribution < 1.29 is 29.0 Å². The van der Waals surface area contributed by atoms with Gasteiger partial charge in [0.2, 0.25) is 5.91 Å². The number of rotatable bonds is 11. The number of carbonyl (C=O) groups is 3. The molecule has 0 radical (unpaired) electrons. The number of nitrogens with two attached hydrogens (primary N) is 1. The average Bonchev–Trinajstić information content (AvgIpc) is 2.81. The molecule has 0 aliphatic heterocycles. The molecule has 0 aliphatic carbocycles. The van der Waals surface area contributed by atoms with Crippen molar-refractivity contribution >= 4 is 29.6 Å². The molecule has 0 bridgehead atoms. The lowest BCUT2D eigenvalue weighted by atomic mass is 10.0. The van der Waals surface area contributed by atoms with Crippen molar-refractivity contribution in [3.05, 3.63) is 60.2 Å². The van der Waals surface area contributed by atoms with Crippen LogP contribution in [-0.4, -0.2) is 66.9 Å². The third-order valence-corrected chi connectivity index (χ3v) is 5.34. The number of methoxy groups -OCH3 is 1. The first-order valence-corrected chi connectivity index (χ1v) is 10.8. The Morgan fingerprint density at radius 2 is 1.81 bits per heavy atom. The summed E-state index contributed by atoms with van der Waals surface area (Å²) in [6.07, 6.45) is 0. The van der Waals surface area contributed by atoms with Gasteiger partial charge in [-0.25, -0.2) is 9.59 Å². The molecule has 4 N–H and O–H groups in total. The number of benzene rings is 2. The summed E-state index contributed by atoms with van der Waals surface area (Å²) in [5.41, 5.74) is 8.19. The smallest absolute Gasteiger partial charge is 0.338 e. The van der Waals surface area contributed by atoms with Crippen LogP contribution in [0.25, 0.3) is 11.1 Å². The molecule has 0 aliphatic rings. The van der Waals surface area contributed by atoms with E-state index in [-0.39, 0.29) is 12.4 Å². The maximum atomic E-state index is 12.3. The molecule has 0 fully saturated rings. The molecule has 0 spiro atoms. The summed E-state index contributed by atoms with van der Waals surface area (Å²) < 4.78 is 9.77. The Morgan fingerprint density at radius 3 is 2.48 bits per heavy atom. The van der Waals surface area contributed by atoms with Crippen LogP contribution in [0.15, 0.2) is 54.6 Å². The summed E-state index contributed by atoms with van der Waals surface area (Å²) in [5.74, 6) is -1.05. The van der Waals surface area contributed by atoms with Crippen LogP contribution in [0.5, 0.6) is 0 Å². The van der Waals surface area contributed by atoms with Crippen molar-refractivity contribution in [2.75, 3.05) is 31.8 Å². The summed E-state index contributed by atoms with van der Waals surface area (Å²) in [5, 5.41) is 11.5. The van der Waals surface area contributed by atoms with Crippen LogP contribution in [0.2, 0.25) is 0 Å². The number of ether oxygens (including phenoxy) is 2. The quantitative estimate of drug-likeness (QED) is 0.347. The zero-order valence-electron chi connectivity index (χ0n) is 17.2. The van der Waals surface area contributed by atoms with Crippen molar-refractivity contribution in [2.45, 2.75) is 12.1 Å². The zero-order valence-corrected chi connectivity index (χ0v) is 18.0. The Hall–Kier alpha value is -2.88. The first kappa shape index (κ1) is 24.4. The molecule has 0 saturated heterocycles. The zero-order chi connectivity index (χ0) is 22.6. The minimum Gasteiger partial charge on any atom is -0.467 e. The lowest BCUT2D eigenvalue weighted by molar-refractivity contribution is -0.146. The van der Waals surface area contributed by atoms with Crippen LogP contribution in [0.1, 0.15) is 10.4 Å². The van der Waals surface area contributed by atoms with Crippen LogP contribution in [-0.2, 0) is 19.1 Å². The van der Waals surface area contributed by atoms with E-state index in [0.29, 0.717) is 11.3 Å². The highest BCUT2D eigenvalue weighted by Gasteiger charge is 2.23. The van der Waals surface area contributed by atoms with Gasteiger partial charge in [0, 0.05) is 11.5 Å². The van der Waals surface area contributed by atoms with E-state index in [1.165, 1.54) is 11.8 Å². The molecule has 0 aromatic heterocycles. The summed E-state index contributed by atoms with van der Waals surface area (Å²) in [6.45, 7) is -0.422. The van der Waals surface area contributed by atoms with Crippen LogP contribution in [0, 0.1) is 0 Å². The number of esters is 2. The van der Waals surface area contributed by atoms with Crippen molar-refractivity contribution in [3.63, 3.8) is 0 Å². The van der Waals surface area contributed by atoms with E-state index in [1.54, 1.807) is 18.2 Å². The van der Waals surface area contributed by atoms with Gasteiger partial charge < -0.3 is 25.6 Å². The van der Waals surface area contributed by atoms with Crippen molar-refractivity contribution in [3.8, 4) is 11.1 Å². The molecular weight excluding hydrogens is 420 g/mol. The van der Waals surface area contributed by atoms with E-state index >= 15 is 0 Å². The Bertz CT molecular complexity index is 877. The summed E-state index contributed by atoms with van der Waals surface area (Å²) >= 11 is 1.33. The monoisotopic (exact) mass is 446 g/mol. The minimum atomic E-state index is -1.15. The van der Waals surface area contributed by atoms with E-state index in [1.807, 2.05) is 36.4 Å². The third-order valence-electron chi connectivity index (χ3n) is 4.29. The van der Waals surface area contributed by atoms with E-state index in [4.69, 9.17) is 15.6 Å². The second-order valence-corrected chi connectivity index (χ2v) is 7.68. The molecule has 2 aromatic rings. The fourth-order valence-electron chi connectivity index (χ4n) is 2.62. The molecule has 0 unspecified atom stereocenters. The van der Waals surface area contributed by atoms with Crippen molar-refractivity contribution in [1.29, 1.82) is 0 Å². The topological polar surface area (TPSA) is 128 Å². The average molecular weight is 447 g/mol. The molecule has 0 saturated carbocycles. The number of carbonyl (C=O) groups excluding carboxylic acids is 3. The van der Waals surface area contributed by atoms with Gasteiger partial charge in [-0.3, -0.25) is 4.79 Å². The number of aliphatic hydroxyl groups excluding tert-OH is 1. The molecule has 2 rings (SSSR count). The molecule has 2 atom stereocenters. The van der Waals surface area contributed by atoms with Gasteiger partial charge in [0.15, 0.2) is 6.04 Å². The summed E-state index contributed by atoms with van der Waals surface area (Å²) in [4.78, 5) is 35.7. The van der Waals surface area contributed by atoms with Gasteiger partial charge in [0.25, 0.3) is 0 Å². The van der Waals surface area contributed by atoms with Gasteiger partial charge in [-0.2, -0.15) is 11.8 Å². The normalized spacial score (nSPS) is 12.5. The first-order valence-electron chi connectivity index (χ1n) is 9.61. The SMILES string of the molecule is COC(=O)[C@H](CO)NC(=O)[C@@H](N)CSCCOC(=O)c1cccc(-c2ccccc2)c1. The van der Waals surface area contributed by atoms with Crippen molar-refractivity contribution in [1.82, 2.24) is 5.32 Å². The van der Waals surface area contributed by atoms with Crippen LogP contribution in [0.3, 0.4) is 0 Å². The molecule has 31 heavy (non-hydrogen) atoms. The largest absolute Gasteiger partial charge is 0.467 e. The Kier molecular flexibility index (Phi) is 10.0. The Morgan fingerprint density at radius 1 is 1.10 bits per heavy atom. The van der Waals surface area contributed by atoms with E-state index in [0.717, 1.165) is 18.2 Å². The highest BCUT2D eigenvalue weighted by Crippen LogP contribution is 2.20. The second-order valence-electron chi connectivity index (χ2n) is 6.53. The first-order chi connectivity index (χ1) is 15.0. The maximum absolute atomic E-state index is 12.3. The van der Waals surface area contributed by atoms with E-state index < -0.39 is 36.5 Å². The molecule has 1 amide bonds. The minimum absolute atomic E-state index is 0.162. The number of amides is 1. The molecule has 2 aromatic carbocycles. The van der Waals surface area contributed by atoms with Crippen LogP contribution >= 0.6 is 11.8 Å². The highest BCUT2D eigenvalue weighted by molar-refractivity contribution is 7.99. The van der Waals surface area contributed by atoms with Crippen molar-refractivity contribution in [2.24, 2.45) is 5.73 Å². The van der Waals surface area contributed by atoms with E-state index in [2.05, 4.69) is 10.1 Å². The van der Waals surface area contributed by atoms with Crippen LogP contribution < -0.4 is 11.1 Å². The predicted molar refractivity (Wildman–Crippen MR) is 118 cm³/mol. The number of thioether (sulfide) groups is 1. The molecule has 9 heteroatoms. The molecule has 0 heterocycles. The fraction of sp³-hybridized carbons (Fsp3) is 0.318. The number of aliphatic hydroxyl groups is 1. The lowest BCUT2D eigenvalue weighted by Crippen LogP contribution is -2.51. The Balaban J connectivity index is 1.73. The fourth-order valence-corrected chi connectivity index (χ4v) is 3.39. The summed E-state index contributed by atoms with van der Waals surface area (Å²) in [7, 11) is 1.16. The number of hydrogen-bond donors (Lipinski definition) is 3. The van der Waals surface area contributed by atoms with Gasteiger partial charge in [-0.15, -0.1) is 0 Å². The van der Waals surface area contributed by atoms with E-state index in [9.17, 15) is 14.4 Å². The van der Waals surface area contributed by atoms with Gasteiger partial charge in [0.05, 0.1) is 25.3 Å².